The maximum Gasteiger partial charge on any atom is 0.342 e. The van der Waals surface area contributed by atoms with Gasteiger partial charge in [0, 0.05) is 29.3 Å². The summed E-state index contributed by atoms with van der Waals surface area (Å²) in [7, 11) is 0. The van der Waals surface area contributed by atoms with E-state index in [0.717, 1.165) is 17.3 Å². The molecule has 0 amide bonds. The number of nitrogens with zero attached hydrogens (tertiary/aromatic N) is 4. The SMILES string of the molecule is CCn1c(S/C(=C\c2cccc([N+](=O)[O-])c2)C(=O)O)nnc1-c1ccc(Cl)cc1. The molecule has 1 N–H and O–H groups in total. The van der Waals surface area contributed by atoms with E-state index in [9.17, 15) is 20.0 Å². The molecule has 0 fully saturated rings. The van der Waals surface area contributed by atoms with Gasteiger partial charge in [0.15, 0.2) is 11.0 Å². The van der Waals surface area contributed by atoms with Crippen LogP contribution in [-0.2, 0) is 11.3 Å². The highest BCUT2D eigenvalue weighted by Gasteiger charge is 2.18. The molecule has 2 aromatic carbocycles. The van der Waals surface area contributed by atoms with Crippen molar-refractivity contribution in [3.8, 4) is 11.4 Å². The number of nitro groups is 1. The van der Waals surface area contributed by atoms with Crippen LogP contribution in [0.25, 0.3) is 17.5 Å². The van der Waals surface area contributed by atoms with Crippen molar-refractivity contribution in [1.29, 1.82) is 0 Å². The van der Waals surface area contributed by atoms with E-state index in [1.807, 2.05) is 19.1 Å². The van der Waals surface area contributed by atoms with Gasteiger partial charge in [0.25, 0.3) is 5.69 Å². The first-order valence-electron chi connectivity index (χ1n) is 8.45. The summed E-state index contributed by atoms with van der Waals surface area (Å²) in [5.74, 6) is -0.577. The minimum Gasteiger partial charge on any atom is -0.477 e. The van der Waals surface area contributed by atoms with Crippen LogP contribution in [0, 0.1) is 10.1 Å². The lowest BCUT2D eigenvalue weighted by Gasteiger charge is -2.08. The number of nitro benzene ring substituents is 1. The Morgan fingerprint density at radius 3 is 2.62 bits per heavy atom. The number of benzene rings is 2. The largest absolute Gasteiger partial charge is 0.477 e. The zero-order chi connectivity index (χ0) is 21.0. The number of hydrogen-bond donors (Lipinski definition) is 1. The molecular formula is C19H15ClN4O4S. The summed E-state index contributed by atoms with van der Waals surface area (Å²) < 4.78 is 1.79. The Balaban J connectivity index is 1.96. The number of hydrogen-bond acceptors (Lipinski definition) is 6. The van der Waals surface area contributed by atoms with Gasteiger partial charge in [0.1, 0.15) is 4.91 Å². The summed E-state index contributed by atoms with van der Waals surface area (Å²) in [6, 6.07) is 12.9. The highest BCUT2D eigenvalue weighted by Crippen LogP contribution is 2.31. The quantitative estimate of drug-likeness (QED) is 0.249. The second kappa shape index (κ2) is 8.89. The van der Waals surface area contributed by atoms with Crippen LogP contribution in [0.3, 0.4) is 0 Å². The molecule has 8 nitrogen and oxygen atoms in total. The van der Waals surface area contributed by atoms with Gasteiger partial charge in [-0.15, -0.1) is 10.2 Å². The van der Waals surface area contributed by atoms with Crippen LogP contribution in [0.5, 0.6) is 0 Å². The van der Waals surface area contributed by atoms with Crippen LogP contribution in [0.2, 0.25) is 5.02 Å². The van der Waals surface area contributed by atoms with Crippen LogP contribution in [-0.4, -0.2) is 30.8 Å². The molecule has 0 bridgehead atoms. The lowest BCUT2D eigenvalue weighted by molar-refractivity contribution is -0.384. The number of halogens is 1. The van der Waals surface area contributed by atoms with Crippen molar-refractivity contribution < 1.29 is 14.8 Å². The van der Waals surface area contributed by atoms with E-state index in [0.29, 0.717) is 28.1 Å². The summed E-state index contributed by atoms with van der Waals surface area (Å²) in [6.07, 6.45) is 1.37. The van der Waals surface area contributed by atoms with Crippen LogP contribution >= 0.6 is 23.4 Å². The standard InChI is InChI=1S/C19H15ClN4O4S/c1-2-23-17(13-6-8-14(20)9-7-13)21-22-19(23)29-16(18(25)26)11-12-4-3-5-15(10-12)24(27)28/h3-11H,2H2,1H3,(H,25,26)/b16-11-. The van der Waals surface area contributed by atoms with Crippen molar-refractivity contribution in [2.75, 3.05) is 0 Å². The molecule has 0 atom stereocenters. The summed E-state index contributed by atoms with van der Waals surface area (Å²) >= 11 is 6.86. The highest BCUT2D eigenvalue weighted by molar-refractivity contribution is 8.04. The Morgan fingerprint density at radius 1 is 1.28 bits per heavy atom. The fourth-order valence-electron chi connectivity index (χ4n) is 2.57. The Bertz CT molecular complexity index is 1100. The van der Waals surface area contributed by atoms with E-state index in [2.05, 4.69) is 10.2 Å². The lowest BCUT2D eigenvalue weighted by Crippen LogP contribution is -2.02. The molecule has 0 saturated heterocycles. The predicted molar refractivity (Wildman–Crippen MR) is 111 cm³/mol. The molecule has 3 aromatic rings. The van der Waals surface area contributed by atoms with Gasteiger partial charge < -0.3 is 9.67 Å². The first-order valence-corrected chi connectivity index (χ1v) is 9.65. The first-order chi connectivity index (χ1) is 13.9. The molecule has 148 valence electrons. The molecule has 1 heterocycles. The summed E-state index contributed by atoms with van der Waals surface area (Å²) in [6.45, 7) is 2.43. The summed E-state index contributed by atoms with van der Waals surface area (Å²) in [5.41, 5.74) is 1.09. The number of carboxylic acid groups (broad SMARTS) is 1. The third kappa shape index (κ3) is 4.82. The normalized spacial score (nSPS) is 11.4. The smallest absolute Gasteiger partial charge is 0.342 e. The van der Waals surface area contributed by atoms with Crippen LogP contribution in [0.4, 0.5) is 5.69 Å². The Labute approximate surface area is 175 Å². The molecule has 0 radical (unpaired) electrons. The fourth-order valence-corrected chi connectivity index (χ4v) is 3.59. The Kier molecular flexibility index (Phi) is 6.30. The Hall–Kier alpha value is -3.17. The van der Waals surface area contributed by atoms with Crippen molar-refractivity contribution in [3.63, 3.8) is 0 Å². The number of non-ortho nitro benzene ring substituents is 1. The number of carbonyl (C=O) groups is 1. The van der Waals surface area contributed by atoms with Crippen molar-refractivity contribution in [2.24, 2.45) is 0 Å². The van der Waals surface area contributed by atoms with E-state index in [1.54, 1.807) is 22.8 Å². The van der Waals surface area contributed by atoms with Gasteiger partial charge in [-0.3, -0.25) is 10.1 Å². The fraction of sp³-hybridized carbons (Fsp3) is 0.105. The number of rotatable bonds is 7. The van der Waals surface area contributed by atoms with Gasteiger partial charge in [-0.1, -0.05) is 23.7 Å². The van der Waals surface area contributed by atoms with Gasteiger partial charge >= 0.3 is 5.97 Å². The van der Waals surface area contributed by atoms with Gasteiger partial charge in [0.2, 0.25) is 0 Å². The molecule has 10 heteroatoms. The average molecular weight is 431 g/mol. The second-order valence-corrected chi connectivity index (χ2v) is 7.27. The van der Waals surface area contributed by atoms with Crippen molar-refractivity contribution in [1.82, 2.24) is 14.8 Å². The third-order valence-corrected chi connectivity index (χ3v) is 5.18. The molecule has 0 aliphatic rings. The number of aliphatic carboxylic acids is 1. The first kappa shape index (κ1) is 20.6. The number of carboxylic acids is 1. The van der Waals surface area contributed by atoms with E-state index in [4.69, 9.17) is 11.6 Å². The zero-order valence-corrected chi connectivity index (χ0v) is 16.7. The third-order valence-electron chi connectivity index (χ3n) is 3.93. The molecule has 0 aliphatic heterocycles. The van der Waals surface area contributed by atoms with Crippen molar-refractivity contribution in [2.45, 2.75) is 18.6 Å². The van der Waals surface area contributed by atoms with E-state index >= 15 is 0 Å². The summed E-state index contributed by atoms with van der Waals surface area (Å²) in [5, 5.41) is 29.8. The number of aromatic nitrogens is 3. The summed E-state index contributed by atoms with van der Waals surface area (Å²) in [4.78, 5) is 22.1. The van der Waals surface area contributed by atoms with E-state index in [1.165, 1.54) is 24.3 Å². The highest BCUT2D eigenvalue weighted by atomic mass is 35.5. The second-order valence-electron chi connectivity index (χ2n) is 5.83. The molecule has 0 spiro atoms. The molecule has 0 unspecified atom stereocenters. The van der Waals surface area contributed by atoms with Gasteiger partial charge in [-0.25, -0.2) is 4.79 Å². The topological polar surface area (TPSA) is 111 Å². The molecule has 3 rings (SSSR count). The lowest BCUT2D eigenvalue weighted by atomic mass is 10.2. The van der Waals surface area contributed by atoms with Crippen LogP contribution < -0.4 is 0 Å². The monoisotopic (exact) mass is 430 g/mol. The predicted octanol–water partition coefficient (Wildman–Crippen LogP) is 4.74. The van der Waals surface area contributed by atoms with Gasteiger partial charge in [-0.05, 0) is 54.6 Å². The maximum absolute atomic E-state index is 11.7. The number of thioether (sulfide) groups is 1. The minimum absolute atomic E-state index is 0.0322. The van der Waals surface area contributed by atoms with Crippen molar-refractivity contribution in [3.05, 3.63) is 74.1 Å². The van der Waals surface area contributed by atoms with Gasteiger partial charge in [-0.2, -0.15) is 0 Å². The molecule has 1 aromatic heterocycles. The van der Waals surface area contributed by atoms with Crippen LogP contribution in [0.1, 0.15) is 12.5 Å². The van der Waals surface area contributed by atoms with E-state index < -0.39 is 10.9 Å². The van der Waals surface area contributed by atoms with Crippen LogP contribution in [0.15, 0.2) is 58.6 Å². The maximum atomic E-state index is 11.7. The minimum atomic E-state index is -1.17. The average Bonchev–Trinajstić information content (AvgIpc) is 3.10. The Morgan fingerprint density at radius 2 is 2.00 bits per heavy atom. The molecule has 0 saturated carbocycles. The molecule has 0 aliphatic carbocycles. The van der Waals surface area contributed by atoms with E-state index in [-0.39, 0.29) is 10.6 Å². The molecular weight excluding hydrogens is 416 g/mol. The van der Waals surface area contributed by atoms with Gasteiger partial charge in [0.05, 0.1) is 4.92 Å². The zero-order valence-electron chi connectivity index (χ0n) is 15.2. The molecule has 29 heavy (non-hydrogen) atoms. The van der Waals surface area contributed by atoms with Crippen molar-refractivity contribution >= 4 is 41.1 Å².